The van der Waals surface area contributed by atoms with Gasteiger partial charge < -0.3 is 9.84 Å². The average molecular weight is 384 g/mol. The number of hydrogen-bond donors (Lipinski definition) is 3. The largest absolute Gasteiger partial charge is 0.384 e. The van der Waals surface area contributed by atoms with Crippen LogP contribution in [0.25, 0.3) is 11.1 Å². The maximum atomic E-state index is 12.2. The van der Waals surface area contributed by atoms with Gasteiger partial charge in [0.25, 0.3) is 5.91 Å². The summed E-state index contributed by atoms with van der Waals surface area (Å²) < 4.78 is 5.76. The van der Waals surface area contributed by atoms with Gasteiger partial charge in [-0.05, 0) is 23.6 Å². The van der Waals surface area contributed by atoms with E-state index in [9.17, 15) is 9.90 Å². The van der Waals surface area contributed by atoms with Crippen LogP contribution in [0.2, 0.25) is 0 Å². The molecule has 0 aliphatic carbocycles. The number of amides is 1. The Kier molecular flexibility index (Phi) is 5.98. The number of rotatable bonds is 7. The summed E-state index contributed by atoms with van der Waals surface area (Å²) in [6.45, 7) is 1.52. The average Bonchev–Trinajstić information content (AvgIpc) is 3.26. The Morgan fingerprint density at radius 3 is 2.44 bits per heavy atom. The van der Waals surface area contributed by atoms with Crippen molar-refractivity contribution in [1.29, 1.82) is 0 Å². The third-order valence-corrected chi connectivity index (χ3v) is 5.22. The van der Waals surface area contributed by atoms with Gasteiger partial charge >= 0.3 is 0 Å². The SMILES string of the molecule is C[C@@](OCc1ccc(-c2ccccc2)cc1)(C(=O)NO)[C@@H](O)c1cncs1. The summed E-state index contributed by atoms with van der Waals surface area (Å²) in [5.74, 6) is -0.829. The van der Waals surface area contributed by atoms with Crippen molar-refractivity contribution >= 4 is 17.2 Å². The summed E-state index contributed by atoms with van der Waals surface area (Å²) in [4.78, 5) is 16.5. The minimum absolute atomic E-state index is 0.0921. The van der Waals surface area contributed by atoms with Crippen molar-refractivity contribution in [1.82, 2.24) is 10.5 Å². The van der Waals surface area contributed by atoms with E-state index < -0.39 is 17.6 Å². The normalized spacial score (nSPS) is 14.3. The Morgan fingerprint density at radius 2 is 1.85 bits per heavy atom. The van der Waals surface area contributed by atoms with Crippen LogP contribution in [0.5, 0.6) is 0 Å². The molecule has 1 amide bonds. The van der Waals surface area contributed by atoms with Gasteiger partial charge in [0.15, 0.2) is 5.60 Å². The zero-order chi connectivity index (χ0) is 19.3. The maximum absolute atomic E-state index is 12.2. The Bertz CT molecular complexity index is 869. The molecule has 3 aromatic rings. The van der Waals surface area contributed by atoms with Gasteiger partial charge in [-0.25, -0.2) is 5.48 Å². The molecule has 2 atom stereocenters. The summed E-state index contributed by atoms with van der Waals surface area (Å²) >= 11 is 1.20. The molecule has 0 fully saturated rings. The van der Waals surface area contributed by atoms with E-state index in [2.05, 4.69) is 4.98 Å². The van der Waals surface area contributed by atoms with Gasteiger partial charge in [-0.1, -0.05) is 54.6 Å². The van der Waals surface area contributed by atoms with Crippen LogP contribution >= 0.6 is 11.3 Å². The topological polar surface area (TPSA) is 91.7 Å². The van der Waals surface area contributed by atoms with Gasteiger partial charge in [0.05, 0.1) is 17.0 Å². The second kappa shape index (κ2) is 8.41. The highest BCUT2D eigenvalue weighted by Crippen LogP contribution is 2.32. The Hall–Kier alpha value is -2.58. The van der Waals surface area contributed by atoms with E-state index in [1.807, 2.05) is 54.6 Å². The molecule has 0 saturated carbocycles. The molecule has 0 radical (unpaired) electrons. The van der Waals surface area contributed by atoms with E-state index >= 15 is 0 Å². The molecule has 1 heterocycles. The van der Waals surface area contributed by atoms with Gasteiger partial charge in [0.2, 0.25) is 0 Å². The van der Waals surface area contributed by atoms with E-state index in [1.54, 1.807) is 11.0 Å². The summed E-state index contributed by atoms with van der Waals surface area (Å²) in [5, 5.41) is 19.6. The monoisotopic (exact) mass is 384 g/mol. The molecule has 140 valence electrons. The molecule has 3 N–H and O–H groups in total. The Morgan fingerprint density at radius 1 is 1.19 bits per heavy atom. The number of aliphatic hydroxyl groups excluding tert-OH is 1. The van der Waals surface area contributed by atoms with Crippen LogP contribution in [-0.2, 0) is 16.1 Å². The third-order valence-electron chi connectivity index (χ3n) is 4.39. The first-order valence-corrected chi connectivity index (χ1v) is 9.22. The summed E-state index contributed by atoms with van der Waals surface area (Å²) in [6, 6.07) is 17.7. The minimum atomic E-state index is -1.67. The van der Waals surface area contributed by atoms with Crippen LogP contribution in [0, 0.1) is 0 Å². The molecule has 27 heavy (non-hydrogen) atoms. The second-order valence-electron chi connectivity index (χ2n) is 6.21. The molecule has 0 aliphatic heterocycles. The van der Waals surface area contributed by atoms with Gasteiger partial charge in [0, 0.05) is 6.20 Å². The summed E-state index contributed by atoms with van der Waals surface area (Å²) in [5.41, 5.74) is 4.47. The lowest BCUT2D eigenvalue weighted by molar-refractivity contribution is -0.173. The van der Waals surface area contributed by atoms with Crippen LogP contribution in [-0.4, -0.2) is 26.8 Å². The number of aliphatic hydroxyl groups is 1. The van der Waals surface area contributed by atoms with Gasteiger partial charge in [-0.3, -0.25) is 15.0 Å². The van der Waals surface area contributed by atoms with Gasteiger partial charge in [0.1, 0.15) is 6.10 Å². The molecule has 3 rings (SSSR count). The molecule has 0 saturated heterocycles. The Labute approximate surface area is 161 Å². The highest BCUT2D eigenvalue weighted by atomic mass is 32.1. The van der Waals surface area contributed by atoms with Crippen LogP contribution in [0.3, 0.4) is 0 Å². The highest BCUT2D eigenvalue weighted by molar-refractivity contribution is 7.09. The number of hydroxylamine groups is 1. The molecule has 0 spiro atoms. The van der Waals surface area contributed by atoms with Crippen molar-refractivity contribution in [2.75, 3.05) is 0 Å². The molecule has 7 heteroatoms. The molecule has 6 nitrogen and oxygen atoms in total. The van der Waals surface area contributed by atoms with Crippen molar-refractivity contribution in [2.24, 2.45) is 0 Å². The summed E-state index contributed by atoms with van der Waals surface area (Å²) in [7, 11) is 0. The maximum Gasteiger partial charge on any atom is 0.278 e. The first-order valence-electron chi connectivity index (χ1n) is 8.34. The molecule has 0 aliphatic rings. The second-order valence-corrected chi connectivity index (χ2v) is 7.12. The number of nitrogens with one attached hydrogen (secondary N) is 1. The van der Waals surface area contributed by atoms with Crippen molar-refractivity contribution in [3.8, 4) is 11.1 Å². The fraction of sp³-hybridized carbons (Fsp3) is 0.200. The molecular formula is C20H20N2O4S. The minimum Gasteiger partial charge on any atom is -0.384 e. The van der Waals surface area contributed by atoms with E-state index in [0.29, 0.717) is 4.88 Å². The number of carbonyl (C=O) groups is 1. The predicted molar refractivity (Wildman–Crippen MR) is 102 cm³/mol. The van der Waals surface area contributed by atoms with Crippen molar-refractivity contribution in [3.63, 3.8) is 0 Å². The zero-order valence-electron chi connectivity index (χ0n) is 14.7. The molecule has 2 aromatic carbocycles. The van der Waals surface area contributed by atoms with E-state index in [-0.39, 0.29) is 6.61 Å². The smallest absolute Gasteiger partial charge is 0.278 e. The first-order chi connectivity index (χ1) is 13.0. The van der Waals surface area contributed by atoms with E-state index in [4.69, 9.17) is 9.94 Å². The first kappa shape index (κ1) is 19.2. The quantitative estimate of drug-likeness (QED) is 0.429. The van der Waals surface area contributed by atoms with Crippen LogP contribution in [0.4, 0.5) is 0 Å². The molecular weight excluding hydrogens is 364 g/mol. The number of thiazole rings is 1. The number of carbonyl (C=O) groups excluding carboxylic acids is 1. The van der Waals surface area contributed by atoms with Gasteiger partial charge in [-0.2, -0.15) is 0 Å². The van der Waals surface area contributed by atoms with Crippen LogP contribution in [0.15, 0.2) is 66.3 Å². The molecule has 0 unspecified atom stereocenters. The fourth-order valence-corrected chi connectivity index (χ4v) is 3.39. The van der Waals surface area contributed by atoms with Crippen LogP contribution in [0.1, 0.15) is 23.5 Å². The predicted octanol–water partition coefficient (Wildman–Crippen LogP) is 3.32. The number of benzene rings is 2. The molecule has 1 aromatic heterocycles. The Balaban J connectivity index is 1.75. The lowest BCUT2D eigenvalue weighted by Gasteiger charge is -2.31. The van der Waals surface area contributed by atoms with Crippen LogP contribution < -0.4 is 5.48 Å². The number of aromatic nitrogens is 1. The molecule has 0 bridgehead atoms. The van der Waals surface area contributed by atoms with Crippen molar-refractivity contribution < 1.29 is 19.8 Å². The highest BCUT2D eigenvalue weighted by Gasteiger charge is 2.43. The standard InChI is InChI=1S/C20H20N2O4S/c1-20(19(24)22-25,18(23)17-11-21-13-27-17)26-12-14-7-9-16(10-8-14)15-5-3-2-4-6-15/h2-11,13,18,23,25H,12H2,1H3,(H,22,24)/t18-,20-/m0/s1. The number of hydrogen-bond acceptors (Lipinski definition) is 6. The lowest BCUT2D eigenvalue weighted by atomic mass is 9.96. The number of ether oxygens (including phenoxy) is 1. The summed E-state index contributed by atoms with van der Waals surface area (Å²) in [6.07, 6.45) is 0.205. The van der Waals surface area contributed by atoms with Crippen molar-refractivity contribution in [2.45, 2.75) is 25.2 Å². The fourth-order valence-electron chi connectivity index (χ4n) is 2.67. The zero-order valence-corrected chi connectivity index (χ0v) is 15.5. The van der Waals surface area contributed by atoms with E-state index in [1.165, 1.54) is 24.5 Å². The van der Waals surface area contributed by atoms with Crippen molar-refractivity contribution in [3.05, 3.63) is 76.7 Å². The lowest BCUT2D eigenvalue weighted by Crippen LogP contribution is -2.49. The number of nitrogens with zero attached hydrogens (tertiary/aromatic N) is 1. The van der Waals surface area contributed by atoms with Gasteiger partial charge in [-0.15, -0.1) is 11.3 Å². The third kappa shape index (κ3) is 4.23. The van der Waals surface area contributed by atoms with E-state index in [0.717, 1.165) is 16.7 Å².